The van der Waals surface area contributed by atoms with Crippen LogP contribution in [0.15, 0.2) is 102 Å². The fourth-order valence-electron chi connectivity index (χ4n) is 4.39. The van der Waals surface area contributed by atoms with Gasteiger partial charge < -0.3 is 15.0 Å². The smallest absolute Gasteiger partial charge is 0.261 e. The first-order valence-electron chi connectivity index (χ1n) is 13.0. The summed E-state index contributed by atoms with van der Waals surface area (Å²) in [7, 11) is 0. The van der Waals surface area contributed by atoms with Crippen LogP contribution in [0.3, 0.4) is 0 Å². The number of nitrogens with one attached hydrogen (secondary N) is 1. The van der Waals surface area contributed by atoms with Gasteiger partial charge in [0.15, 0.2) is 6.61 Å². The Hall–Kier alpha value is -3.64. The van der Waals surface area contributed by atoms with Crippen molar-refractivity contribution in [2.75, 3.05) is 13.2 Å². The Kier molecular flexibility index (Phi) is 9.93. The summed E-state index contributed by atoms with van der Waals surface area (Å²) in [6, 6.07) is 30.7. The molecule has 0 saturated carbocycles. The number of rotatable bonds is 12. The predicted molar refractivity (Wildman–Crippen MR) is 156 cm³/mol. The van der Waals surface area contributed by atoms with Crippen LogP contribution in [0.1, 0.15) is 30.9 Å². The average molecular weight is 574 g/mol. The number of halogens is 1. The molecule has 5 nitrogen and oxygen atoms in total. The minimum Gasteiger partial charge on any atom is -0.483 e. The molecule has 4 aromatic rings. The minimum absolute atomic E-state index is 0.154. The van der Waals surface area contributed by atoms with Crippen LogP contribution in [-0.4, -0.2) is 35.9 Å². The number of unbranched alkanes of at least 4 members (excludes halogenated alkanes) is 1. The third kappa shape index (κ3) is 7.23. The Morgan fingerprint density at radius 1 is 0.868 bits per heavy atom. The van der Waals surface area contributed by atoms with Crippen LogP contribution in [0.25, 0.3) is 10.8 Å². The molecule has 6 heteroatoms. The highest BCUT2D eigenvalue weighted by molar-refractivity contribution is 9.10. The van der Waals surface area contributed by atoms with Crippen LogP contribution in [-0.2, 0) is 22.6 Å². The summed E-state index contributed by atoms with van der Waals surface area (Å²) in [6.45, 7) is 2.79. The third-order valence-electron chi connectivity index (χ3n) is 6.48. The highest BCUT2D eigenvalue weighted by Crippen LogP contribution is 2.33. The number of carbonyl (C=O) groups is 2. The Morgan fingerprint density at radius 3 is 2.24 bits per heavy atom. The van der Waals surface area contributed by atoms with Crippen LogP contribution in [0.2, 0.25) is 0 Å². The number of nitrogens with zero attached hydrogens (tertiary/aromatic N) is 1. The van der Waals surface area contributed by atoms with E-state index in [4.69, 9.17) is 4.74 Å². The van der Waals surface area contributed by atoms with Gasteiger partial charge in [-0.15, -0.1) is 0 Å². The second-order valence-corrected chi connectivity index (χ2v) is 10.0. The summed E-state index contributed by atoms with van der Waals surface area (Å²) in [5, 5.41) is 5.14. The molecule has 1 N–H and O–H groups in total. The van der Waals surface area contributed by atoms with E-state index in [1.807, 2.05) is 97.1 Å². The number of fused-ring (bicyclic) bond motifs is 1. The van der Waals surface area contributed by atoms with Crippen molar-refractivity contribution in [3.05, 3.63) is 113 Å². The van der Waals surface area contributed by atoms with E-state index in [1.54, 1.807) is 4.90 Å². The summed E-state index contributed by atoms with van der Waals surface area (Å²) >= 11 is 3.64. The molecule has 38 heavy (non-hydrogen) atoms. The molecule has 4 rings (SSSR count). The number of amides is 2. The lowest BCUT2D eigenvalue weighted by Crippen LogP contribution is -2.51. The van der Waals surface area contributed by atoms with E-state index in [-0.39, 0.29) is 18.4 Å². The lowest BCUT2D eigenvalue weighted by molar-refractivity contribution is -0.142. The second kappa shape index (κ2) is 13.8. The Morgan fingerprint density at radius 2 is 1.53 bits per heavy atom. The maximum Gasteiger partial charge on any atom is 0.261 e. The van der Waals surface area contributed by atoms with Gasteiger partial charge in [-0.05, 0) is 50.3 Å². The Balaban J connectivity index is 1.60. The zero-order chi connectivity index (χ0) is 26.7. The third-order valence-corrected chi connectivity index (χ3v) is 7.29. The molecule has 0 bridgehead atoms. The van der Waals surface area contributed by atoms with Crippen molar-refractivity contribution >= 4 is 38.5 Å². The molecule has 0 fully saturated rings. The molecule has 2 amide bonds. The summed E-state index contributed by atoms with van der Waals surface area (Å²) in [5.74, 6) is 0.183. The van der Waals surface area contributed by atoms with Gasteiger partial charge in [-0.2, -0.15) is 0 Å². The van der Waals surface area contributed by atoms with Gasteiger partial charge in [0.05, 0.1) is 4.47 Å². The lowest BCUT2D eigenvalue weighted by atomic mass is 10.0. The van der Waals surface area contributed by atoms with E-state index >= 15 is 0 Å². The first kappa shape index (κ1) is 27.4. The number of hydrogen-bond donors (Lipinski definition) is 1. The van der Waals surface area contributed by atoms with Gasteiger partial charge in [0, 0.05) is 19.5 Å². The predicted octanol–water partition coefficient (Wildman–Crippen LogP) is 6.54. The maximum atomic E-state index is 13.8. The average Bonchev–Trinajstić information content (AvgIpc) is 2.95. The number of benzene rings is 4. The van der Waals surface area contributed by atoms with E-state index in [2.05, 4.69) is 28.2 Å². The topological polar surface area (TPSA) is 58.6 Å². The van der Waals surface area contributed by atoms with E-state index in [0.29, 0.717) is 25.3 Å². The lowest BCUT2D eigenvalue weighted by Gasteiger charge is -2.31. The normalized spacial score (nSPS) is 11.6. The van der Waals surface area contributed by atoms with Gasteiger partial charge in [-0.1, -0.05) is 104 Å². The fourth-order valence-corrected chi connectivity index (χ4v) is 5.00. The van der Waals surface area contributed by atoms with Crippen LogP contribution in [0, 0.1) is 0 Å². The fraction of sp³-hybridized carbons (Fsp3) is 0.250. The van der Waals surface area contributed by atoms with Crippen molar-refractivity contribution in [1.29, 1.82) is 0 Å². The van der Waals surface area contributed by atoms with Gasteiger partial charge in [0.2, 0.25) is 5.91 Å². The van der Waals surface area contributed by atoms with Crippen LogP contribution >= 0.6 is 15.9 Å². The van der Waals surface area contributed by atoms with Crippen LogP contribution in [0.5, 0.6) is 5.75 Å². The molecule has 0 aliphatic rings. The number of carbonyl (C=O) groups excluding carboxylic acids is 2. The highest BCUT2D eigenvalue weighted by atomic mass is 79.9. The first-order valence-corrected chi connectivity index (χ1v) is 13.8. The zero-order valence-corrected chi connectivity index (χ0v) is 23.2. The number of ether oxygens (including phenoxy) is 1. The van der Waals surface area contributed by atoms with Crippen molar-refractivity contribution in [2.24, 2.45) is 0 Å². The molecule has 196 valence electrons. The summed E-state index contributed by atoms with van der Waals surface area (Å²) < 4.78 is 6.84. The molecule has 0 aliphatic carbocycles. The van der Waals surface area contributed by atoms with E-state index in [9.17, 15) is 9.59 Å². The van der Waals surface area contributed by atoms with Crippen molar-refractivity contribution < 1.29 is 14.3 Å². The summed E-state index contributed by atoms with van der Waals surface area (Å²) in [5.41, 5.74) is 1.94. The molecular weight excluding hydrogens is 540 g/mol. The van der Waals surface area contributed by atoms with Gasteiger partial charge in [0.25, 0.3) is 5.91 Å². The van der Waals surface area contributed by atoms with Gasteiger partial charge in [-0.3, -0.25) is 9.59 Å². The standard InChI is InChI=1S/C32H33BrN2O3/c1-2-3-20-34-32(37)28(21-24-12-6-4-7-13-24)35(22-25-14-8-5-9-15-25)30(36)23-38-29-19-18-26-16-10-11-17-27(26)31(29)33/h4-19,28H,2-3,20-23H2,1H3,(H,34,37)/t28-/m0/s1. The van der Waals surface area contributed by atoms with E-state index in [1.165, 1.54) is 0 Å². The molecule has 4 aromatic carbocycles. The molecular formula is C32H33BrN2O3. The molecule has 1 atom stereocenters. The largest absolute Gasteiger partial charge is 0.483 e. The first-order chi connectivity index (χ1) is 18.6. The van der Waals surface area contributed by atoms with E-state index < -0.39 is 6.04 Å². The SMILES string of the molecule is CCCCNC(=O)[C@H](Cc1ccccc1)N(Cc1ccccc1)C(=O)COc1ccc2ccccc2c1Br. The van der Waals surface area contributed by atoms with Gasteiger partial charge >= 0.3 is 0 Å². The van der Waals surface area contributed by atoms with Crippen molar-refractivity contribution in [3.63, 3.8) is 0 Å². The Bertz CT molecular complexity index is 1340. The van der Waals surface area contributed by atoms with Crippen molar-refractivity contribution in [1.82, 2.24) is 10.2 Å². The Labute approximate surface area is 232 Å². The summed E-state index contributed by atoms with van der Waals surface area (Å²) in [6.07, 6.45) is 2.28. The maximum absolute atomic E-state index is 13.8. The molecule has 0 saturated heterocycles. The van der Waals surface area contributed by atoms with Crippen LogP contribution < -0.4 is 10.1 Å². The molecule has 0 unspecified atom stereocenters. The summed E-state index contributed by atoms with van der Waals surface area (Å²) in [4.78, 5) is 28.9. The highest BCUT2D eigenvalue weighted by Gasteiger charge is 2.30. The molecule has 0 heterocycles. The minimum atomic E-state index is -0.675. The van der Waals surface area contributed by atoms with Gasteiger partial charge in [-0.25, -0.2) is 0 Å². The molecule has 0 radical (unpaired) electrons. The van der Waals surface area contributed by atoms with Crippen molar-refractivity contribution in [3.8, 4) is 5.75 Å². The molecule has 0 aliphatic heterocycles. The monoisotopic (exact) mass is 572 g/mol. The van der Waals surface area contributed by atoms with Crippen molar-refractivity contribution in [2.45, 2.75) is 38.8 Å². The molecule has 0 spiro atoms. The number of hydrogen-bond acceptors (Lipinski definition) is 3. The van der Waals surface area contributed by atoms with E-state index in [0.717, 1.165) is 39.2 Å². The van der Waals surface area contributed by atoms with Crippen LogP contribution in [0.4, 0.5) is 0 Å². The molecule has 0 aromatic heterocycles. The quantitative estimate of drug-likeness (QED) is 0.196. The zero-order valence-electron chi connectivity index (χ0n) is 21.6. The second-order valence-electron chi connectivity index (χ2n) is 9.24. The van der Waals surface area contributed by atoms with Gasteiger partial charge in [0.1, 0.15) is 11.8 Å².